The second-order valence-electron chi connectivity index (χ2n) is 6.72. The minimum Gasteiger partial charge on any atom is -0.377 e. The number of thioether (sulfide) groups is 1. The van der Waals surface area contributed by atoms with Crippen LogP contribution in [-0.2, 0) is 9.53 Å². The lowest BCUT2D eigenvalue weighted by Crippen LogP contribution is -2.60. The highest BCUT2D eigenvalue weighted by Gasteiger charge is 2.47. The molecule has 1 heterocycles. The molecular formula is C16H30N2O2S. The molecule has 1 saturated heterocycles. The zero-order chi connectivity index (χ0) is 15.3. The van der Waals surface area contributed by atoms with Gasteiger partial charge in [0.2, 0.25) is 5.91 Å². The van der Waals surface area contributed by atoms with Gasteiger partial charge in [-0.1, -0.05) is 6.42 Å². The summed E-state index contributed by atoms with van der Waals surface area (Å²) in [6.07, 6.45) is 7.04. The summed E-state index contributed by atoms with van der Waals surface area (Å²) in [5.41, 5.74) is 5.27. The first-order valence-corrected chi connectivity index (χ1v) is 9.47. The van der Waals surface area contributed by atoms with E-state index in [4.69, 9.17) is 10.5 Å². The van der Waals surface area contributed by atoms with Crippen LogP contribution in [0, 0.1) is 5.92 Å². The Bertz CT molecular complexity index is 345. The third kappa shape index (κ3) is 4.36. The predicted molar refractivity (Wildman–Crippen MR) is 88.5 cm³/mol. The standard InChI is InChI=1S/C16H30N2O2S/c1-12(2)18-16(15(17)19)8-3-5-13(16)7-10-21-11-14-6-4-9-20-14/h12-14,18H,3-11H2,1-2H3,(H2,17,19). The molecule has 0 spiro atoms. The highest BCUT2D eigenvalue weighted by atomic mass is 32.2. The van der Waals surface area contributed by atoms with Crippen molar-refractivity contribution in [1.29, 1.82) is 0 Å². The van der Waals surface area contributed by atoms with Gasteiger partial charge in [-0.25, -0.2) is 0 Å². The van der Waals surface area contributed by atoms with Crippen LogP contribution >= 0.6 is 11.8 Å². The molecule has 2 rings (SSSR count). The number of amides is 1. The van der Waals surface area contributed by atoms with Crippen molar-refractivity contribution < 1.29 is 9.53 Å². The van der Waals surface area contributed by atoms with E-state index in [1.54, 1.807) is 0 Å². The Balaban J connectivity index is 1.80. The fraction of sp³-hybridized carbons (Fsp3) is 0.938. The summed E-state index contributed by atoms with van der Waals surface area (Å²) >= 11 is 1.96. The van der Waals surface area contributed by atoms with Crippen molar-refractivity contribution in [2.75, 3.05) is 18.1 Å². The molecule has 3 unspecified atom stereocenters. The van der Waals surface area contributed by atoms with E-state index >= 15 is 0 Å². The topological polar surface area (TPSA) is 64.3 Å². The number of rotatable bonds is 8. The number of nitrogens with two attached hydrogens (primary N) is 1. The fourth-order valence-corrected chi connectivity index (χ4v) is 4.93. The van der Waals surface area contributed by atoms with Gasteiger partial charge in [-0.3, -0.25) is 4.79 Å². The fourth-order valence-electron chi connectivity index (χ4n) is 3.79. The summed E-state index contributed by atoms with van der Waals surface area (Å²) in [5.74, 6) is 2.41. The van der Waals surface area contributed by atoms with Gasteiger partial charge in [-0.05, 0) is 57.6 Å². The van der Waals surface area contributed by atoms with Gasteiger partial charge in [-0.2, -0.15) is 11.8 Å². The molecule has 1 saturated carbocycles. The van der Waals surface area contributed by atoms with E-state index in [0.717, 1.165) is 43.8 Å². The van der Waals surface area contributed by atoms with Crippen LogP contribution in [0.5, 0.6) is 0 Å². The quantitative estimate of drug-likeness (QED) is 0.675. The third-order valence-electron chi connectivity index (χ3n) is 4.74. The van der Waals surface area contributed by atoms with Crippen LogP contribution in [0.2, 0.25) is 0 Å². The number of primary amides is 1. The average Bonchev–Trinajstić information content (AvgIpc) is 3.04. The highest BCUT2D eigenvalue weighted by Crippen LogP contribution is 2.39. The SMILES string of the molecule is CC(C)NC1(C(N)=O)CCCC1CCSCC1CCCO1. The first-order chi connectivity index (χ1) is 10.0. The largest absolute Gasteiger partial charge is 0.377 e. The van der Waals surface area contributed by atoms with Gasteiger partial charge in [0, 0.05) is 18.4 Å². The van der Waals surface area contributed by atoms with Gasteiger partial charge in [0.15, 0.2) is 0 Å². The van der Waals surface area contributed by atoms with Crippen LogP contribution in [-0.4, -0.2) is 41.7 Å². The number of nitrogens with one attached hydrogen (secondary N) is 1. The van der Waals surface area contributed by atoms with Crippen molar-refractivity contribution >= 4 is 17.7 Å². The monoisotopic (exact) mass is 314 g/mol. The average molecular weight is 314 g/mol. The van der Waals surface area contributed by atoms with E-state index in [1.807, 2.05) is 11.8 Å². The van der Waals surface area contributed by atoms with Gasteiger partial charge >= 0.3 is 0 Å². The van der Waals surface area contributed by atoms with Gasteiger partial charge in [0.25, 0.3) is 0 Å². The first-order valence-electron chi connectivity index (χ1n) is 8.31. The van der Waals surface area contributed by atoms with Crippen LogP contribution in [0.3, 0.4) is 0 Å². The lowest BCUT2D eigenvalue weighted by Gasteiger charge is -2.35. The van der Waals surface area contributed by atoms with E-state index < -0.39 is 5.54 Å². The van der Waals surface area contributed by atoms with Gasteiger partial charge < -0.3 is 15.8 Å². The number of carbonyl (C=O) groups is 1. The Kier molecular flexibility index (Phi) is 6.38. The summed E-state index contributed by atoms with van der Waals surface area (Å²) in [5, 5.41) is 3.48. The van der Waals surface area contributed by atoms with E-state index in [0.29, 0.717) is 12.0 Å². The lowest BCUT2D eigenvalue weighted by molar-refractivity contribution is -0.126. The van der Waals surface area contributed by atoms with E-state index in [-0.39, 0.29) is 11.9 Å². The summed E-state index contributed by atoms with van der Waals surface area (Å²) in [6.45, 7) is 5.11. The minimum absolute atomic E-state index is 0.164. The van der Waals surface area contributed by atoms with Crippen LogP contribution in [0.25, 0.3) is 0 Å². The molecule has 3 atom stereocenters. The normalized spacial score (nSPS) is 32.9. The molecule has 21 heavy (non-hydrogen) atoms. The number of hydrogen-bond acceptors (Lipinski definition) is 4. The van der Waals surface area contributed by atoms with Crippen molar-refractivity contribution in [2.45, 2.75) is 70.1 Å². The molecule has 0 aromatic carbocycles. The van der Waals surface area contributed by atoms with Gasteiger partial charge in [0.1, 0.15) is 5.54 Å². The molecule has 1 aliphatic carbocycles. The summed E-state index contributed by atoms with van der Waals surface area (Å²) in [7, 11) is 0. The maximum Gasteiger partial charge on any atom is 0.238 e. The Hall–Kier alpha value is -0.260. The maximum absolute atomic E-state index is 12.0. The summed E-state index contributed by atoms with van der Waals surface area (Å²) in [4.78, 5) is 12.0. The molecule has 2 aliphatic rings. The third-order valence-corrected chi connectivity index (χ3v) is 5.88. The van der Waals surface area contributed by atoms with Crippen LogP contribution < -0.4 is 11.1 Å². The van der Waals surface area contributed by atoms with E-state index in [9.17, 15) is 4.79 Å². The molecule has 0 radical (unpaired) electrons. The van der Waals surface area contributed by atoms with Gasteiger partial charge in [0.05, 0.1) is 6.10 Å². The van der Waals surface area contributed by atoms with E-state index in [1.165, 1.54) is 12.8 Å². The second-order valence-corrected chi connectivity index (χ2v) is 7.87. The predicted octanol–water partition coefficient (Wildman–Crippen LogP) is 2.31. The van der Waals surface area contributed by atoms with Gasteiger partial charge in [-0.15, -0.1) is 0 Å². The minimum atomic E-state index is -0.474. The number of hydrogen-bond donors (Lipinski definition) is 2. The molecule has 3 N–H and O–H groups in total. The van der Waals surface area contributed by atoms with Crippen molar-refractivity contribution in [2.24, 2.45) is 11.7 Å². The Morgan fingerprint density at radius 3 is 2.86 bits per heavy atom. The second kappa shape index (κ2) is 7.84. The molecule has 1 aliphatic heterocycles. The Morgan fingerprint density at radius 1 is 1.43 bits per heavy atom. The van der Waals surface area contributed by atoms with Crippen molar-refractivity contribution in [3.05, 3.63) is 0 Å². The Morgan fingerprint density at radius 2 is 2.24 bits per heavy atom. The molecule has 0 bridgehead atoms. The molecule has 122 valence electrons. The molecule has 0 aromatic heterocycles. The molecule has 2 fully saturated rings. The van der Waals surface area contributed by atoms with Crippen LogP contribution in [0.4, 0.5) is 0 Å². The molecular weight excluding hydrogens is 284 g/mol. The summed E-state index contributed by atoms with van der Waals surface area (Å²) < 4.78 is 5.65. The lowest BCUT2D eigenvalue weighted by atomic mass is 9.83. The highest BCUT2D eigenvalue weighted by molar-refractivity contribution is 7.99. The van der Waals surface area contributed by atoms with Crippen molar-refractivity contribution in [3.63, 3.8) is 0 Å². The number of ether oxygens (including phenoxy) is 1. The zero-order valence-electron chi connectivity index (χ0n) is 13.4. The van der Waals surface area contributed by atoms with Crippen molar-refractivity contribution in [3.8, 4) is 0 Å². The Labute approximate surface area is 132 Å². The molecule has 4 nitrogen and oxygen atoms in total. The van der Waals surface area contributed by atoms with Crippen molar-refractivity contribution in [1.82, 2.24) is 5.32 Å². The number of carbonyl (C=O) groups excluding carboxylic acids is 1. The van der Waals surface area contributed by atoms with E-state index in [2.05, 4.69) is 19.2 Å². The molecule has 1 amide bonds. The van der Waals surface area contributed by atoms with Crippen LogP contribution in [0.15, 0.2) is 0 Å². The molecule has 0 aromatic rings. The smallest absolute Gasteiger partial charge is 0.238 e. The first kappa shape index (κ1) is 17.1. The molecule has 5 heteroatoms. The van der Waals surface area contributed by atoms with Crippen LogP contribution in [0.1, 0.15) is 52.4 Å². The summed E-state index contributed by atoms with van der Waals surface area (Å²) in [6, 6.07) is 0.289. The maximum atomic E-state index is 12.0. The zero-order valence-corrected chi connectivity index (χ0v) is 14.2.